The number of thiophene rings is 1. The second-order valence-electron chi connectivity index (χ2n) is 5.61. The van der Waals surface area contributed by atoms with Crippen LogP contribution in [0.4, 0.5) is 0 Å². The zero-order chi connectivity index (χ0) is 16.9. The maximum atomic E-state index is 12.1. The van der Waals surface area contributed by atoms with Gasteiger partial charge in [-0.15, -0.1) is 11.3 Å². The SMILES string of the molecule is Cc1ccsc1C(CNS(=O)(=O)NCc1ccccc1)N(C)C. The van der Waals surface area contributed by atoms with Crippen molar-refractivity contribution in [2.45, 2.75) is 19.5 Å². The molecule has 2 N–H and O–H groups in total. The van der Waals surface area contributed by atoms with Gasteiger partial charge in [-0.25, -0.2) is 4.72 Å². The Morgan fingerprint density at radius 3 is 2.39 bits per heavy atom. The summed E-state index contributed by atoms with van der Waals surface area (Å²) in [6, 6.07) is 11.5. The zero-order valence-electron chi connectivity index (χ0n) is 13.6. The van der Waals surface area contributed by atoms with Crippen LogP contribution in [0.5, 0.6) is 0 Å². The van der Waals surface area contributed by atoms with Crippen LogP contribution < -0.4 is 9.44 Å². The molecule has 0 aliphatic rings. The van der Waals surface area contributed by atoms with Gasteiger partial charge in [0.05, 0.1) is 6.04 Å². The van der Waals surface area contributed by atoms with Gasteiger partial charge in [-0.2, -0.15) is 13.1 Å². The van der Waals surface area contributed by atoms with Crippen LogP contribution in [0.3, 0.4) is 0 Å². The number of benzene rings is 1. The van der Waals surface area contributed by atoms with E-state index >= 15 is 0 Å². The Kier molecular flexibility index (Phi) is 6.32. The monoisotopic (exact) mass is 353 g/mol. The molecule has 126 valence electrons. The Morgan fingerprint density at radius 2 is 1.83 bits per heavy atom. The predicted molar refractivity (Wildman–Crippen MR) is 95.7 cm³/mol. The van der Waals surface area contributed by atoms with Gasteiger partial charge in [-0.1, -0.05) is 30.3 Å². The number of rotatable bonds is 8. The van der Waals surface area contributed by atoms with Crippen molar-refractivity contribution >= 4 is 21.5 Å². The Morgan fingerprint density at radius 1 is 1.13 bits per heavy atom. The maximum Gasteiger partial charge on any atom is 0.277 e. The molecule has 0 fully saturated rings. The van der Waals surface area contributed by atoms with E-state index in [4.69, 9.17) is 0 Å². The van der Waals surface area contributed by atoms with Crippen molar-refractivity contribution in [3.63, 3.8) is 0 Å². The van der Waals surface area contributed by atoms with Gasteiger partial charge in [0.2, 0.25) is 0 Å². The molecular weight excluding hydrogens is 330 g/mol. The molecule has 0 spiro atoms. The average Bonchev–Trinajstić information content (AvgIpc) is 2.92. The second-order valence-corrected chi connectivity index (χ2v) is 8.14. The zero-order valence-corrected chi connectivity index (χ0v) is 15.2. The van der Waals surface area contributed by atoms with Crippen molar-refractivity contribution in [2.75, 3.05) is 20.6 Å². The van der Waals surface area contributed by atoms with Crippen molar-refractivity contribution in [3.8, 4) is 0 Å². The van der Waals surface area contributed by atoms with Crippen LogP contribution >= 0.6 is 11.3 Å². The minimum absolute atomic E-state index is 0.0169. The van der Waals surface area contributed by atoms with E-state index < -0.39 is 10.2 Å². The van der Waals surface area contributed by atoms with Crippen molar-refractivity contribution in [1.29, 1.82) is 0 Å². The summed E-state index contributed by atoms with van der Waals surface area (Å²) in [5.41, 5.74) is 2.11. The summed E-state index contributed by atoms with van der Waals surface area (Å²) in [6.45, 7) is 2.66. The fourth-order valence-electron chi connectivity index (χ4n) is 2.25. The highest BCUT2D eigenvalue weighted by atomic mass is 32.2. The van der Waals surface area contributed by atoms with Crippen molar-refractivity contribution in [2.24, 2.45) is 0 Å². The molecule has 5 nitrogen and oxygen atoms in total. The Hall–Kier alpha value is -1.25. The average molecular weight is 354 g/mol. The van der Waals surface area contributed by atoms with Gasteiger partial charge in [0, 0.05) is 18.0 Å². The first-order valence-electron chi connectivity index (χ1n) is 7.37. The van der Waals surface area contributed by atoms with Gasteiger partial charge in [0.25, 0.3) is 10.2 Å². The molecule has 0 amide bonds. The summed E-state index contributed by atoms with van der Waals surface area (Å²) < 4.78 is 29.5. The third-order valence-corrected chi connectivity index (χ3v) is 5.79. The lowest BCUT2D eigenvalue weighted by Gasteiger charge is -2.24. The van der Waals surface area contributed by atoms with Crippen molar-refractivity contribution in [1.82, 2.24) is 14.3 Å². The van der Waals surface area contributed by atoms with E-state index in [0.717, 1.165) is 5.56 Å². The summed E-state index contributed by atoms with van der Waals surface area (Å²) in [5, 5.41) is 2.03. The second kappa shape index (κ2) is 8.03. The van der Waals surface area contributed by atoms with Crippen LogP contribution in [0.15, 0.2) is 41.8 Å². The minimum atomic E-state index is -3.53. The number of aryl methyl sites for hydroxylation is 1. The molecule has 2 aromatic rings. The van der Waals surface area contributed by atoms with Crippen LogP contribution in [0.1, 0.15) is 22.0 Å². The number of likely N-dealkylation sites (N-methyl/N-ethyl adjacent to an activating group) is 1. The first-order chi connectivity index (χ1) is 10.9. The number of hydrogen-bond acceptors (Lipinski definition) is 4. The highest BCUT2D eigenvalue weighted by Gasteiger charge is 2.20. The maximum absolute atomic E-state index is 12.1. The summed E-state index contributed by atoms with van der Waals surface area (Å²) in [4.78, 5) is 3.21. The lowest BCUT2D eigenvalue weighted by atomic mass is 10.1. The molecule has 0 radical (unpaired) electrons. The summed E-state index contributed by atoms with van der Waals surface area (Å²) in [6.07, 6.45) is 0. The van der Waals surface area contributed by atoms with E-state index in [9.17, 15) is 8.42 Å². The largest absolute Gasteiger partial charge is 0.300 e. The molecule has 0 aliphatic carbocycles. The number of nitrogens with zero attached hydrogens (tertiary/aromatic N) is 1. The molecular formula is C16H23N3O2S2. The molecule has 1 aromatic carbocycles. The first kappa shape index (κ1) is 18.1. The van der Waals surface area contributed by atoms with E-state index in [0.29, 0.717) is 6.54 Å². The van der Waals surface area contributed by atoms with E-state index in [2.05, 4.69) is 15.5 Å². The number of hydrogen-bond donors (Lipinski definition) is 2. The number of nitrogens with one attached hydrogen (secondary N) is 2. The molecule has 0 saturated carbocycles. The molecule has 7 heteroatoms. The highest BCUT2D eigenvalue weighted by Crippen LogP contribution is 2.26. The van der Waals surface area contributed by atoms with Gasteiger partial charge >= 0.3 is 0 Å². The molecule has 1 atom stereocenters. The minimum Gasteiger partial charge on any atom is -0.300 e. The third kappa shape index (κ3) is 5.40. The molecule has 1 heterocycles. The fourth-order valence-corrected chi connectivity index (χ4v) is 4.21. The molecule has 1 unspecified atom stereocenters. The van der Waals surface area contributed by atoms with Crippen LogP contribution in [0, 0.1) is 6.92 Å². The molecule has 0 aliphatic heterocycles. The molecule has 2 rings (SSSR count). The summed E-state index contributed by atoms with van der Waals surface area (Å²) >= 11 is 1.65. The lowest BCUT2D eigenvalue weighted by molar-refractivity contribution is 0.302. The van der Waals surface area contributed by atoms with Gasteiger partial charge in [-0.3, -0.25) is 0 Å². The van der Waals surface area contributed by atoms with Crippen LogP contribution in [-0.2, 0) is 16.8 Å². The molecule has 0 saturated heterocycles. The smallest absolute Gasteiger partial charge is 0.277 e. The van der Waals surface area contributed by atoms with Crippen LogP contribution in [0.2, 0.25) is 0 Å². The normalized spacial score (nSPS) is 13.4. The molecule has 23 heavy (non-hydrogen) atoms. The molecule has 1 aromatic heterocycles. The van der Waals surface area contributed by atoms with Gasteiger partial charge in [-0.05, 0) is 43.6 Å². The molecule has 0 bridgehead atoms. The Labute approximate surface area is 142 Å². The van der Waals surface area contributed by atoms with E-state index in [1.54, 1.807) is 11.3 Å². The van der Waals surface area contributed by atoms with Gasteiger partial charge in [0.15, 0.2) is 0 Å². The third-order valence-electron chi connectivity index (χ3n) is 3.60. The summed E-state index contributed by atoms with van der Waals surface area (Å²) in [5.74, 6) is 0. The van der Waals surface area contributed by atoms with E-state index in [1.165, 1.54) is 10.4 Å². The highest BCUT2D eigenvalue weighted by molar-refractivity contribution is 7.87. The first-order valence-corrected chi connectivity index (χ1v) is 9.74. The Bertz CT molecular complexity index is 712. The van der Waals surface area contributed by atoms with Crippen LogP contribution in [0.25, 0.3) is 0 Å². The standard InChI is InChI=1S/C16H23N3O2S2/c1-13-9-10-22-16(13)15(19(2)3)12-18-23(20,21)17-11-14-7-5-4-6-8-14/h4-10,15,17-18H,11-12H2,1-3H3. The predicted octanol–water partition coefficient (Wildman–Crippen LogP) is 2.28. The van der Waals surface area contributed by atoms with Gasteiger partial charge in [0.1, 0.15) is 0 Å². The van der Waals surface area contributed by atoms with Crippen LogP contribution in [-0.4, -0.2) is 34.0 Å². The summed E-state index contributed by atoms with van der Waals surface area (Å²) in [7, 11) is 0.373. The quantitative estimate of drug-likeness (QED) is 0.765. The fraction of sp³-hybridized carbons (Fsp3) is 0.375. The topological polar surface area (TPSA) is 61.4 Å². The Balaban J connectivity index is 1.95. The van der Waals surface area contributed by atoms with E-state index in [1.807, 2.05) is 61.6 Å². The van der Waals surface area contributed by atoms with Crippen molar-refractivity contribution < 1.29 is 8.42 Å². The van der Waals surface area contributed by atoms with Gasteiger partial charge < -0.3 is 4.90 Å². The lowest BCUT2D eigenvalue weighted by Crippen LogP contribution is -2.40. The van der Waals surface area contributed by atoms with E-state index in [-0.39, 0.29) is 12.6 Å². The van der Waals surface area contributed by atoms with Crippen molar-refractivity contribution in [3.05, 3.63) is 57.8 Å².